The second-order valence-corrected chi connectivity index (χ2v) is 6.69. The Morgan fingerprint density at radius 2 is 2.53 bits per heavy atom. The van der Waals surface area contributed by atoms with Crippen LogP contribution < -0.4 is 5.32 Å². The molecule has 2 atom stereocenters. The molecule has 0 radical (unpaired) electrons. The first kappa shape index (κ1) is 11.6. The van der Waals surface area contributed by atoms with E-state index < -0.39 is 0 Å². The van der Waals surface area contributed by atoms with Crippen molar-refractivity contribution in [3.8, 4) is 0 Å². The number of aromatic nitrogens is 2. The summed E-state index contributed by atoms with van der Waals surface area (Å²) in [6.07, 6.45) is 8.04. The van der Waals surface area contributed by atoms with E-state index in [-0.39, 0.29) is 0 Å². The van der Waals surface area contributed by atoms with Gasteiger partial charge in [-0.25, -0.2) is 4.98 Å². The monoisotopic (exact) mass is 251 g/mol. The molecule has 1 N–H and O–H groups in total. The summed E-state index contributed by atoms with van der Waals surface area (Å²) < 4.78 is 2.46. The Bertz CT molecular complexity index is 376. The van der Waals surface area contributed by atoms with Crippen molar-refractivity contribution in [3.05, 3.63) is 18.2 Å². The highest BCUT2D eigenvalue weighted by atomic mass is 32.2. The number of hydrogen-bond donors (Lipinski definition) is 1. The van der Waals surface area contributed by atoms with Crippen LogP contribution in [0.5, 0.6) is 0 Å². The average Bonchev–Trinajstić information content (AvgIpc) is 2.99. The van der Waals surface area contributed by atoms with Crippen LogP contribution in [-0.4, -0.2) is 34.1 Å². The lowest BCUT2D eigenvalue weighted by Gasteiger charge is -2.30. The molecule has 2 unspecified atom stereocenters. The molecule has 0 aromatic carbocycles. The molecule has 0 aliphatic carbocycles. The summed E-state index contributed by atoms with van der Waals surface area (Å²) in [5.74, 6) is 2.59. The van der Waals surface area contributed by atoms with Crippen LogP contribution in [0.4, 0.5) is 0 Å². The van der Waals surface area contributed by atoms with Crippen LogP contribution in [0.1, 0.15) is 37.9 Å². The molecule has 2 saturated heterocycles. The molecule has 0 saturated carbocycles. The van der Waals surface area contributed by atoms with Crippen LogP contribution in [0.25, 0.3) is 0 Å². The maximum atomic E-state index is 4.41. The number of rotatable bonds is 2. The summed E-state index contributed by atoms with van der Waals surface area (Å²) in [5.41, 5.74) is 1.73. The van der Waals surface area contributed by atoms with Gasteiger partial charge in [0.25, 0.3) is 0 Å². The zero-order valence-electron chi connectivity index (χ0n) is 10.5. The van der Waals surface area contributed by atoms with Crippen LogP contribution in [-0.2, 0) is 5.41 Å². The topological polar surface area (TPSA) is 29.9 Å². The zero-order valence-corrected chi connectivity index (χ0v) is 11.3. The molecule has 4 heteroatoms. The van der Waals surface area contributed by atoms with Crippen molar-refractivity contribution < 1.29 is 0 Å². The van der Waals surface area contributed by atoms with E-state index in [0.29, 0.717) is 11.5 Å². The van der Waals surface area contributed by atoms with Gasteiger partial charge in [-0.05, 0) is 31.6 Å². The zero-order chi connectivity index (χ0) is 11.7. The predicted molar refractivity (Wildman–Crippen MR) is 72.7 cm³/mol. The standard InChI is InChI=1S/C13H21N3S/c1-13(4-5-14-9-13)12-7-15-10-16(12)11-3-2-6-17-8-11/h7,10-11,14H,2-6,8-9H2,1H3. The molecule has 1 aromatic heterocycles. The van der Waals surface area contributed by atoms with E-state index in [4.69, 9.17) is 0 Å². The Labute approximate surface area is 107 Å². The minimum Gasteiger partial charge on any atom is -0.330 e. The molecule has 2 aliphatic rings. The summed E-state index contributed by atoms with van der Waals surface area (Å²) in [7, 11) is 0. The van der Waals surface area contributed by atoms with Gasteiger partial charge in [0.2, 0.25) is 0 Å². The molecule has 17 heavy (non-hydrogen) atoms. The van der Waals surface area contributed by atoms with E-state index >= 15 is 0 Å². The molecule has 3 heterocycles. The summed E-state index contributed by atoms with van der Waals surface area (Å²) in [6.45, 7) is 4.61. The van der Waals surface area contributed by atoms with Crippen molar-refractivity contribution in [3.63, 3.8) is 0 Å². The highest BCUT2D eigenvalue weighted by Gasteiger charge is 2.34. The fraction of sp³-hybridized carbons (Fsp3) is 0.769. The first-order chi connectivity index (χ1) is 8.30. The van der Waals surface area contributed by atoms with Crippen molar-refractivity contribution in [1.29, 1.82) is 0 Å². The van der Waals surface area contributed by atoms with Gasteiger partial charge in [0.15, 0.2) is 0 Å². The number of hydrogen-bond acceptors (Lipinski definition) is 3. The van der Waals surface area contributed by atoms with E-state index in [9.17, 15) is 0 Å². The van der Waals surface area contributed by atoms with Crippen molar-refractivity contribution in [2.75, 3.05) is 24.6 Å². The smallest absolute Gasteiger partial charge is 0.0951 e. The molecule has 0 bridgehead atoms. The summed E-state index contributed by atoms with van der Waals surface area (Å²) in [6, 6.07) is 0.670. The predicted octanol–water partition coefficient (Wildman–Crippen LogP) is 2.20. The molecule has 0 spiro atoms. The van der Waals surface area contributed by atoms with Gasteiger partial charge in [0.05, 0.1) is 6.33 Å². The van der Waals surface area contributed by atoms with Crippen LogP contribution in [0.2, 0.25) is 0 Å². The normalized spacial score (nSPS) is 34.1. The third-order valence-corrected chi connectivity index (χ3v) is 5.38. The average molecular weight is 251 g/mol. The molecule has 2 aliphatic heterocycles. The third-order valence-electron chi connectivity index (χ3n) is 4.18. The molecular formula is C13H21N3S. The first-order valence-corrected chi connectivity index (χ1v) is 7.76. The quantitative estimate of drug-likeness (QED) is 0.874. The summed E-state index contributed by atoms with van der Waals surface area (Å²) in [5, 5.41) is 3.48. The Balaban J connectivity index is 1.87. The first-order valence-electron chi connectivity index (χ1n) is 6.60. The second-order valence-electron chi connectivity index (χ2n) is 5.54. The van der Waals surface area contributed by atoms with E-state index in [1.54, 1.807) is 0 Å². The molecule has 94 valence electrons. The van der Waals surface area contributed by atoms with Crippen LogP contribution in [0.15, 0.2) is 12.5 Å². The lowest BCUT2D eigenvalue weighted by atomic mass is 9.86. The highest BCUT2D eigenvalue weighted by Crippen LogP contribution is 2.34. The largest absolute Gasteiger partial charge is 0.330 e. The maximum absolute atomic E-state index is 4.41. The molecule has 1 aromatic rings. The number of thioether (sulfide) groups is 1. The Kier molecular flexibility index (Phi) is 3.17. The van der Waals surface area contributed by atoms with Crippen LogP contribution in [0, 0.1) is 0 Å². The molecule has 0 amide bonds. The van der Waals surface area contributed by atoms with Gasteiger partial charge in [-0.1, -0.05) is 6.92 Å². The van der Waals surface area contributed by atoms with E-state index in [2.05, 4.69) is 46.1 Å². The van der Waals surface area contributed by atoms with Gasteiger partial charge in [-0.2, -0.15) is 11.8 Å². The number of nitrogens with one attached hydrogen (secondary N) is 1. The summed E-state index contributed by atoms with van der Waals surface area (Å²) in [4.78, 5) is 4.41. The van der Waals surface area contributed by atoms with Gasteiger partial charge >= 0.3 is 0 Å². The third kappa shape index (κ3) is 2.13. The number of imidazole rings is 1. The fourth-order valence-electron chi connectivity index (χ4n) is 3.04. The Hall–Kier alpha value is -0.480. The van der Waals surface area contributed by atoms with E-state index in [1.807, 2.05) is 0 Å². The Morgan fingerprint density at radius 1 is 1.59 bits per heavy atom. The van der Waals surface area contributed by atoms with Crippen molar-refractivity contribution in [2.45, 2.75) is 37.6 Å². The Morgan fingerprint density at radius 3 is 3.24 bits per heavy atom. The minimum atomic E-state index is 0.290. The van der Waals surface area contributed by atoms with Gasteiger partial charge in [0, 0.05) is 35.6 Å². The van der Waals surface area contributed by atoms with Crippen LogP contribution in [0.3, 0.4) is 0 Å². The van der Waals surface area contributed by atoms with Crippen molar-refractivity contribution in [1.82, 2.24) is 14.9 Å². The van der Waals surface area contributed by atoms with Gasteiger partial charge in [-0.15, -0.1) is 0 Å². The van der Waals surface area contributed by atoms with E-state index in [0.717, 1.165) is 13.1 Å². The van der Waals surface area contributed by atoms with E-state index in [1.165, 1.54) is 36.5 Å². The minimum absolute atomic E-state index is 0.290. The lowest BCUT2D eigenvalue weighted by Crippen LogP contribution is -2.30. The van der Waals surface area contributed by atoms with Gasteiger partial charge in [0.1, 0.15) is 0 Å². The molecular weight excluding hydrogens is 230 g/mol. The molecule has 3 rings (SSSR count). The fourth-order valence-corrected chi connectivity index (χ4v) is 4.18. The lowest BCUT2D eigenvalue weighted by molar-refractivity contribution is 0.421. The van der Waals surface area contributed by atoms with Crippen molar-refractivity contribution in [2.24, 2.45) is 0 Å². The van der Waals surface area contributed by atoms with Crippen molar-refractivity contribution >= 4 is 11.8 Å². The number of nitrogens with zero attached hydrogens (tertiary/aromatic N) is 2. The highest BCUT2D eigenvalue weighted by molar-refractivity contribution is 7.99. The van der Waals surface area contributed by atoms with Gasteiger partial charge < -0.3 is 9.88 Å². The van der Waals surface area contributed by atoms with Crippen LogP contribution >= 0.6 is 11.8 Å². The molecule has 3 nitrogen and oxygen atoms in total. The summed E-state index contributed by atoms with van der Waals surface area (Å²) >= 11 is 2.09. The SMILES string of the molecule is CC1(c2cncn2C2CCCSC2)CCNC1. The molecule has 2 fully saturated rings. The second kappa shape index (κ2) is 4.65. The maximum Gasteiger partial charge on any atom is 0.0951 e. The van der Waals surface area contributed by atoms with Gasteiger partial charge in [-0.3, -0.25) is 0 Å².